The van der Waals surface area contributed by atoms with E-state index in [0.29, 0.717) is 30.0 Å². The average molecular weight is 460 g/mol. The van der Waals surface area contributed by atoms with Gasteiger partial charge in [0.05, 0.1) is 24.1 Å². The van der Waals surface area contributed by atoms with Crippen molar-refractivity contribution in [3.63, 3.8) is 0 Å². The largest absolute Gasteiger partial charge is 0.497 e. The van der Waals surface area contributed by atoms with Gasteiger partial charge in [0.25, 0.3) is 11.8 Å². The molecule has 1 aromatic carbocycles. The van der Waals surface area contributed by atoms with Crippen molar-refractivity contribution in [2.75, 3.05) is 45.7 Å². The van der Waals surface area contributed by atoms with Crippen LogP contribution in [0.4, 0.5) is 5.69 Å². The SMILES string of the molecule is COc1ccc(/C=C/c2ccc(C(=O)Nc3cc(C(=O)N4CCN(C)CC4)n(C)c3)cn2)cc1. The van der Waals surface area contributed by atoms with E-state index in [-0.39, 0.29) is 11.8 Å². The van der Waals surface area contributed by atoms with Crippen molar-refractivity contribution >= 4 is 29.7 Å². The number of nitrogens with one attached hydrogen (secondary N) is 1. The van der Waals surface area contributed by atoms with Crippen LogP contribution in [0.5, 0.6) is 5.75 Å². The van der Waals surface area contributed by atoms with Crippen LogP contribution >= 0.6 is 0 Å². The van der Waals surface area contributed by atoms with Crippen molar-refractivity contribution in [3.05, 3.63) is 77.4 Å². The molecule has 2 amide bonds. The van der Waals surface area contributed by atoms with E-state index in [9.17, 15) is 9.59 Å². The van der Waals surface area contributed by atoms with Crippen molar-refractivity contribution in [1.82, 2.24) is 19.4 Å². The average Bonchev–Trinajstić information content (AvgIpc) is 3.23. The topological polar surface area (TPSA) is 79.7 Å². The molecule has 0 unspecified atom stereocenters. The minimum Gasteiger partial charge on any atom is -0.497 e. The molecule has 0 saturated carbocycles. The number of hydrogen-bond donors (Lipinski definition) is 1. The molecule has 176 valence electrons. The second-order valence-corrected chi connectivity index (χ2v) is 8.35. The lowest BCUT2D eigenvalue weighted by Gasteiger charge is -2.32. The van der Waals surface area contributed by atoms with Gasteiger partial charge in [0.1, 0.15) is 11.4 Å². The number of carbonyl (C=O) groups excluding carboxylic acids is 2. The van der Waals surface area contributed by atoms with Gasteiger partial charge in [0.2, 0.25) is 0 Å². The number of rotatable bonds is 6. The minimum atomic E-state index is -0.276. The van der Waals surface area contributed by atoms with E-state index < -0.39 is 0 Å². The molecule has 8 nitrogen and oxygen atoms in total. The first kappa shape index (κ1) is 23.3. The van der Waals surface area contributed by atoms with E-state index in [1.807, 2.05) is 48.4 Å². The summed E-state index contributed by atoms with van der Waals surface area (Å²) in [4.78, 5) is 34.0. The molecule has 2 aromatic heterocycles. The maximum absolute atomic E-state index is 12.9. The summed E-state index contributed by atoms with van der Waals surface area (Å²) in [5.74, 6) is 0.507. The van der Waals surface area contributed by atoms with E-state index in [0.717, 1.165) is 30.1 Å². The van der Waals surface area contributed by atoms with E-state index in [1.54, 1.807) is 42.3 Å². The molecule has 34 heavy (non-hydrogen) atoms. The Morgan fingerprint density at radius 2 is 1.74 bits per heavy atom. The Labute approximate surface area is 199 Å². The van der Waals surface area contributed by atoms with Crippen LogP contribution in [0.3, 0.4) is 0 Å². The lowest BCUT2D eigenvalue weighted by atomic mass is 10.1. The molecule has 0 bridgehead atoms. The second kappa shape index (κ2) is 10.4. The highest BCUT2D eigenvalue weighted by atomic mass is 16.5. The summed E-state index contributed by atoms with van der Waals surface area (Å²) in [6, 6.07) is 13.0. The van der Waals surface area contributed by atoms with Crippen LogP contribution in [0, 0.1) is 0 Å². The molecule has 1 aliphatic rings. The normalized spacial score (nSPS) is 14.4. The van der Waals surface area contributed by atoms with Crippen molar-refractivity contribution in [1.29, 1.82) is 0 Å². The number of methoxy groups -OCH3 is 1. The lowest BCUT2D eigenvalue weighted by Crippen LogP contribution is -2.47. The van der Waals surface area contributed by atoms with Crippen LogP contribution in [0.15, 0.2) is 54.9 Å². The Bertz CT molecular complexity index is 1170. The summed E-state index contributed by atoms with van der Waals surface area (Å²) in [5, 5.41) is 2.86. The zero-order valence-corrected chi connectivity index (χ0v) is 19.7. The van der Waals surface area contributed by atoms with Crippen LogP contribution in [0.25, 0.3) is 12.2 Å². The Morgan fingerprint density at radius 1 is 1.00 bits per heavy atom. The molecule has 1 N–H and O–H groups in total. The molecule has 0 aliphatic carbocycles. The first-order chi connectivity index (χ1) is 16.4. The number of ether oxygens (including phenoxy) is 1. The molecule has 1 saturated heterocycles. The number of piperazine rings is 1. The highest BCUT2D eigenvalue weighted by Crippen LogP contribution is 2.18. The van der Waals surface area contributed by atoms with Gasteiger partial charge in [-0.2, -0.15) is 0 Å². The number of amides is 2. The predicted molar refractivity (Wildman–Crippen MR) is 133 cm³/mol. The monoisotopic (exact) mass is 459 g/mol. The maximum atomic E-state index is 12.9. The van der Waals surface area contributed by atoms with Crippen molar-refractivity contribution in [2.45, 2.75) is 0 Å². The molecule has 3 aromatic rings. The third-order valence-corrected chi connectivity index (χ3v) is 5.88. The number of likely N-dealkylation sites (N-methyl/N-ethyl adjacent to an activating group) is 1. The number of aromatic nitrogens is 2. The van der Waals surface area contributed by atoms with Gasteiger partial charge in [-0.3, -0.25) is 14.6 Å². The summed E-state index contributed by atoms with van der Waals surface area (Å²) < 4.78 is 6.92. The fourth-order valence-corrected chi connectivity index (χ4v) is 3.76. The molecule has 1 fully saturated rings. The molecule has 4 rings (SSSR count). The quantitative estimate of drug-likeness (QED) is 0.612. The summed E-state index contributed by atoms with van der Waals surface area (Å²) in [6.07, 6.45) is 7.13. The van der Waals surface area contributed by atoms with Gasteiger partial charge < -0.3 is 24.4 Å². The second-order valence-electron chi connectivity index (χ2n) is 8.35. The minimum absolute atomic E-state index is 0.0224. The summed E-state index contributed by atoms with van der Waals surface area (Å²) in [5.41, 5.74) is 3.34. The molecule has 1 aliphatic heterocycles. The fourth-order valence-electron chi connectivity index (χ4n) is 3.76. The number of carbonyl (C=O) groups is 2. The van der Waals surface area contributed by atoms with Gasteiger partial charge in [0, 0.05) is 45.6 Å². The van der Waals surface area contributed by atoms with Gasteiger partial charge >= 0.3 is 0 Å². The Balaban J connectivity index is 1.37. The summed E-state index contributed by atoms with van der Waals surface area (Å²) >= 11 is 0. The molecule has 0 spiro atoms. The van der Waals surface area contributed by atoms with Crippen LogP contribution in [-0.4, -0.2) is 71.5 Å². The highest BCUT2D eigenvalue weighted by molar-refractivity contribution is 6.05. The van der Waals surface area contributed by atoms with E-state index in [1.165, 1.54) is 0 Å². The fraction of sp³-hybridized carbons (Fsp3) is 0.269. The molecule has 3 heterocycles. The Kier molecular flexibility index (Phi) is 7.08. The highest BCUT2D eigenvalue weighted by Gasteiger charge is 2.23. The van der Waals surface area contributed by atoms with Crippen molar-refractivity contribution in [2.24, 2.45) is 7.05 Å². The third-order valence-electron chi connectivity index (χ3n) is 5.88. The molecule has 0 atom stereocenters. The maximum Gasteiger partial charge on any atom is 0.270 e. The molecule has 8 heteroatoms. The van der Waals surface area contributed by atoms with Gasteiger partial charge in [-0.25, -0.2) is 0 Å². The number of aryl methyl sites for hydroxylation is 1. The number of hydrogen-bond acceptors (Lipinski definition) is 5. The summed E-state index contributed by atoms with van der Waals surface area (Å²) in [7, 11) is 5.50. The standard InChI is InChI=1S/C26H29N5O3/c1-29-12-14-31(15-13-29)26(33)24-16-22(18-30(24)2)28-25(32)20-7-9-21(27-17-20)8-4-19-5-10-23(34-3)11-6-19/h4-11,16-18H,12-15H2,1-3H3,(H,28,32)/b8-4+. The van der Waals surface area contributed by atoms with Crippen molar-refractivity contribution < 1.29 is 14.3 Å². The number of nitrogens with zero attached hydrogens (tertiary/aromatic N) is 4. The zero-order chi connectivity index (χ0) is 24.1. The van der Waals surface area contributed by atoms with Gasteiger partial charge in [0.15, 0.2) is 0 Å². The predicted octanol–water partition coefficient (Wildman–Crippen LogP) is 3.24. The number of pyridine rings is 1. The molecular weight excluding hydrogens is 430 g/mol. The third kappa shape index (κ3) is 5.52. The number of benzene rings is 1. The van der Waals surface area contributed by atoms with E-state index >= 15 is 0 Å². The number of anilines is 1. The first-order valence-electron chi connectivity index (χ1n) is 11.2. The smallest absolute Gasteiger partial charge is 0.270 e. The first-order valence-corrected chi connectivity index (χ1v) is 11.2. The van der Waals surface area contributed by atoms with Crippen LogP contribution < -0.4 is 10.1 Å². The Morgan fingerprint density at radius 3 is 2.38 bits per heavy atom. The molecule has 0 radical (unpaired) electrons. The van der Waals surface area contributed by atoms with Gasteiger partial charge in [-0.1, -0.05) is 18.2 Å². The van der Waals surface area contributed by atoms with Crippen LogP contribution in [-0.2, 0) is 7.05 Å². The van der Waals surface area contributed by atoms with Crippen LogP contribution in [0.1, 0.15) is 32.1 Å². The Hall–Kier alpha value is -3.91. The van der Waals surface area contributed by atoms with Gasteiger partial charge in [-0.05, 0) is 49.0 Å². The van der Waals surface area contributed by atoms with E-state index in [2.05, 4.69) is 22.2 Å². The molecular formula is C26H29N5O3. The zero-order valence-electron chi connectivity index (χ0n) is 19.7. The lowest BCUT2D eigenvalue weighted by molar-refractivity contribution is 0.0654. The van der Waals surface area contributed by atoms with Crippen molar-refractivity contribution in [3.8, 4) is 5.75 Å². The summed E-state index contributed by atoms with van der Waals surface area (Å²) in [6.45, 7) is 3.12. The van der Waals surface area contributed by atoms with E-state index in [4.69, 9.17) is 4.74 Å². The van der Waals surface area contributed by atoms with Gasteiger partial charge in [-0.15, -0.1) is 0 Å². The van der Waals surface area contributed by atoms with Crippen LogP contribution in [0.2, 0.25) is 0 Å².